The highest BCUT2D eigenvalue weighted by Crippen LogP contribution is 2.35. The molecule has 0 amide bonds. The Hall–Kier alpha value is -1.32. The van der Waals surface area contributed by atoms with Crippen LogP contribution >= 0.6 is 11.3 Å². The average Bonchev–Trinajstić information content (AvgIpc) is 3.01. The molecule has 1 atom stereocenters. The van der Waals surface area contributed by atoms with Crippen LogP contribution in [0.3, 0.4) is 0 Å². The highest BCUT2D eigenvalue weighted by Gasteiger charge is 2.21. The largest absolute Gasteiger partial charge is 0.493 e. The lowest BCUT2D eigenvalue weighted by Gasteiger charge is -2.11. The Morgan fingerprint density at radius 2 is 2.22 bits per heavy atom. The minimum absolute atomic E-state index is 0.195. The fourth-order valence-corrected chi connectivity index (χ4v) is 3.19. The summed E-state index contributed by atoms with van der Waals surface area (Å²) in [5.74, 6) is 1.03. The number of thiophene rings is 1. The van der Waals surface area contributed by atoms with E-state index < -0.39 is 0 Å². The number of ether oxygens (including phenoxy) is 1. The first kappa shape index (κ1) is 11.8. The zero-order chi connectivity index (χ0) is 12.4. The van der Waals surface area contributed by atoms with E-state index in [0.29, 0.717) is 0 Å². The first-order chi connectivity index (χ1) is 8.84. The van der Waals surface area contributed by atoms with Crippen molar-refractivity contribution in [3.63, 3.8) is 0 Å². The standard InChI is InChI=1S/C15H17NOS/c16-14-7-6-13-12(14)4-1-5-15(13)17-9-8-11-3-2-10-18-11/h1-5,10,14H,6-9,16H2. The first-order valence-electron chi connectivity index (χ1n) is 6.37. The zero-order valence-corrected chi connectivity index (χ0v) is 11.1. The lowest BCUT2D eigenvalue weighted by Crippen LogP contribution is -2.06. The maximum absolute atomic E-state index is 6.07. The molecule has 1 heterocycles. The van der Waals surface area contributed by atoms with Crippen LogP contribution in [-0.2, 0) is 12.8 Å². The third-order valence-corrected chi connectivity index (χ3v) is 4.40. The van der Waals surface area contributed by atoms with E-state index in [9.17, 15) is 0 Å². The summed E-state index contributed by atoms with van der Waals surface area (Å²) < 4.78 is 5.92. The summed E-state index contributed by atoms with van der Waals surface area (Å²) in [7, 11) is 0. The summed E-state index contributed by atoms with van der Waals surface area (Å²) in [6.45, 7) is 0.742. The van der Waals surface area contributed by atoms with Gasteiger partial charge in [-0.25, -0.2) is 0 Å². The third kappa shape index (κ3) is 2.28. The van der Waals surface area contributed by atoms with Crippen LogP contribution in [-0.4, -0.2) is 6.61 Å². The molecule has 3 heteroatoms. The van der Waals surface area contributed by atoms with Gasteiger partial charge in [0.25, 0.3) is 0 Å². The van der Waals surface area contributed by atoms with Gasteiger partial charge in [0, 0.05) is 17.3 Å². The molecule has 1 unspecified atom stereocenters. The number of nitrogens with two attached hydrogens (primary N) is 1. The maximum Gasteiger partial charge on any atom is 0.122 e. The van der Waals surface area contributed by atoms with Crippen molar-refractivity contribution in [1.29, 1.82) is 0 Å². The van der Waals surface area contributed by atoms with Gasteiger partial charge in [0.15, 0.2) is 0 Å². The van der Waals surface area contributed by atoms with Crippen LogP contribution in [0.4, 0.5) is 0 Å². The molecular weight excluding hydrogens is 242 g/mol. The molecule has 1 aromatic heterocycles. The fourth-order valence-electron chi connectivity index (χ4n) is 2.50. The van der Waals surface area contributed by atoms with Gasteiger partial charge in [-0.1, -0.05) is 18.2 Å². The van der Waals surface area contributed by atoms with Gasteiger partial charge in [0.2, 0.25) is 0 Å². The Labute approximate surface area is 111 Å². The van der Waals surface area contributed by atoms with E-state index in [0.717, 1.165) is 31.6 Å². The summed E-state index contributed by atoms with van der Waals surface area (Å²) in [6.07, 6.45) is 3.07. The van der Waals surface area contributed by atoms with Gasteiger partial charge < -0.3 is 10.5 Å². The van der Waals surface area contributed by atoms with Gasteiger partial charge in [0.05, 0.1) is 6.61 Å². The monoisotopic (exact) mass is 259 g/mol. The number of benzene rings is 1. The van der Waals surface area contributed by atoms with Crippen LogP contribution in [0.1, 0.15) is 28.5 Å². The van der Waals surface area contributed by atoms with Crippen LogP contribution in [0.5, 0.6) is 5.75 Å². The summed E-state index contributed by atoms with van der Waals surface area (Å²) in [4.78, 5) is 1.37. The summed E-state index contributed by atoms with van der Waals surface area (Å²) in [5, 5.41) is 2.11. The van der Waals surface area contributed by atoms with Crippen LogP contribution in [0, 0.1) is 0 Å². The molecule has 1 aliphatic rings. The number of hydrogen-bond donors (Lipinski definition) is 1. The summed E-state index contributed by atoms with van der Waals surface area (Å²) >= 11 is 1.78. The normalized spacial score (nSPS) is 17.7. The van der Waals surface area contributed by atoms with Gasteiger partial charge in [-0.2, -0.15) is 0 Å². The Morgan fingerprint density at radius 3 is 3.06 bits per heavy atom. The minimum atomic E-state index is 0.195. The lowest BCUT2D eigenvalue weighted by atomic mass is 10.1. The quantitative estimate of drug-likeness (QED) is 0.914. The van der Waals surface area contributed by atoms with Crippen LogP contribution < -0.4 is 10.5 Å². The molecule has 2 nitrogen and oxygen atoms in total. The molecule has 1 aliphatic carbocycles. The summed E-state index contributed by atoms with van der Waals surface area (Å²) in [5.41, 5.74) is 8.65. The van der Waals surface area contributed by atoms with Crippen molar-refractivity contribution in [3.05, 3.63) is 51.7 Å². The average molecular weight is 259 g/mol. The number of rotatable bonds is 4. The highest BCUT2D eigenvalue weighted by molar-refractivity contribution is 7.09. The molecule has 0 aliphatic heterocycles. The Balaban J connectivity index is 1.67. The number of hydrogen-bond acceptors (Lipinski definition) is 3. The SMILES string of the molecule is NC1CCc2c(OCCc3cccs3)cccc21. The molecule has 2 N–H and O–H groups in total. The zero-order valence-electron chi connectivity index (χ0n) is 10.3. The maximum atomic E-state index is 6.07. The third-order valence-electron chi connectivity index (χ3n) is 3.46. The molecule has 3 rings (SSSR count). The predicted molar refractivity (Wildman–Crippen MR) is 75.2 cm³/mol. The second-order valence-electron chi connectivity index (χ2n) is 4.65. The van der Waals surface area contributed by atoms with Gasteiger partial charge in [-0.3, -0.25) is 0 Å². The van der Waals surface area contributed by atoms with Crippen molar-refractivity contribution in [2.45, 2.75) is 25.3 Å². The topological polar surface area (TPSA) is 35.2 Å². The van der Waals surface area contributed by atoms with E-state index >= 15 is 0 Å². The van der Waals surface area contributed by atoms with Gasteiger partial charge >= 0.3 is 0 Å². The molecule has 0 bridgehead atoms. The smallest absolute Gasteiger partial charge is 0.122 e. The Kier molecular flexibility index (Phi) is 3.35. The van der Waals surface area contributed by atoms with Crippen molar-refractivity contribution in [1.82, 2.24) is 0 Å². The predicted octanol–water partition coefficient (Wildman–Crippen LogP) is 3.32. The van der Waals surface area contributed by atoms with E-state index in [1.165, 1.54) is 16.0 Å². The van der Waals surface area contributed by atoms with Gasteiger partial charge in [0.1, 0.15) is 5.75 Å². The summed E-state index contributed by atoms with van der Waals surface area (Å²) in [6, 6.07) is 10.7. The Morgan fingerprint density at radius 1 is 1.28 bits per heavy atom. The molecule has 0 spiro atoms. The van der Waals surface area contributed by atoms with Crippen molar-refractivity contribution < 1.29 is 4.74 Å². The second-order valence-corrected chi connectivity index (χ2v) is 5.68. The van der Waals surface area contributed by atoms with Gasteiger partial charge in [-0.05, 0) is 41.5 Å². The molecule has 0 radical (unpaired) electrons. The molecule has 2 aromatic rings. The van der Waals surface area contributed by atoms with E-state index in [1.54, 1.807) is 11.3 Å². The van der Waals surface area contributed by atoms with E-state index in [1.807, 2.05) is 6.07 Å². The molecule has 18 heavy (non-hydrogen) atoms. The molecule has 94 valence electrons. The van der Waals surface area contributed by atoms with Crippen LogP contribution in [0.2, 0.25) is 0 Å². The molecule has 0 saturated heterocycles. The lowest BCUT2D eigenvalue weighted by molar-refractivity contribution is 0.320. The van der Waals surface area contributed by atoms with Crippen molar-refractivity contribution in [2.24, 2.45) is 5.73 Å². The highest BCUT2D eigenvalue weighted by atomic mass is 32.1. The Bertz CT molecular complexity index is 521. The van der Waals surface area contributed by atoms with E-state index in [-0.39, 0.29) is 6.04 Å². The van der Waals surface area contributed by atoms with Crippen LogP contribution in [0.25, 0.3) is 0 Å². The van der Waals surface area contributed by atoms with Crippen molar-refractivity contribution in [3.8, 4) is 5.75 Å². The van der Waals surface area contributed by atoms with Gasteiger partial charge in [-0.15, -0.1) is 11.3 Å². The van der Waals surface area contributed by atoms with Crippen LogP contribution in [0.15, 0.2) is 35.7 Å². The van der Waals surface area contributed by atoms with Crippen molar-refractivity contribution >= 4 is 11.3 Å². The molecule has 0 fully saturated rings. The van der Waals surface area contributed by atoms with E-state index in [4.69, 9.17) is 10.5 Å². The van der Waals surface area contributed by atoms with Crippen molar-refractivity contribution in [2.75, 3.05) is 6.61 Å². The number of fused-ring (bicyclic) bond motifs is 1. The molecule has 1 aromatic carbocycles. The first-order valence-corrected chi connectivity index (χ1v) is 7.25. The minimum Gasteiger partial charge on any atom is -0.493 e. The second kappa shape index (κ2) is 5.12. The molecular formula is C15H17NOS. The molecule has 0 saturated carbocycles. The van der Waals surface area contributed by atoms with E-state index in [2.05, 4.69) is 29.6 Å². The fraction of sp³-hybridized carbons (Fsp3) is 0.333.